The van der Waals surface area contributed by atoms with E-state index in [2.05, 4.69) is 43.3 Å². The summed E-state index contributed by atoms with van der Waals surface area (Å²) < 4.78 is 16.9. The van der Waals surface area contributed by atoms with Gasteiger partial charge in [0.05, 0.1) is 14.2 Å². The second-order valence-electron chi connectivity index (χ2n) is 6.14. The van der Waals surface area contributed by atoms with Crippen molar-refractivity contribution in [3.05, 3.63) is 59.2 Å². The maximum atomic E-state index is 6.19. The van der Waals surface area contributed by atoms with Gasteiger partial charge in [-0.3, -0.25) is 0 Å². The average Bonchev–Trinajstić information content (AvgIpc) is 2.91. The van der Waals surface area contributed by atoms with Crippen molar-refractivity contribution in [2.75, 3.05) is 14.2 Å². The van der Waals surface area contributed by atoms with E-state index in [0.717, 1.165) is 23.7 Å². The fourth-order valence-corrected chi connectivity index (χ4v) is 3.25. The van der Waals surface area contributed by atoms with E-state index in [0.29, 0.717) is 5.92 Å². The van der Waals surface area contributed by atoms with E-state index in [4.69, 9.17) is 14.2 Å². The highest BCUT2D eigenvalue weighted by molar-refractivity contribution is 5.55. The predicted octanol–water partition coefficient (Wildman–Crippen LogP) is 4.84. The van der Waals surface area contributed by atoms with Gasteiger partial charge in [-0.25, -0.2) is 0 Å². The summed E-state index contributed by atoms with van der Waals surface area (Å²) in [7, 11) is 3.31. The number of ether oxygens (including phenoxy) is 3. The molecule has 3 nitrogen and oxygen atoms in total. The summed E-state index contributed by atoms with van der Waals surface area (Å²) >= 11 is 0. The van der Waals surface area contributed by atoms with E-state index in [9.17, 15) is 0 Å². The lowest BCUT2D eigenvalue weighted by atomic mass is 9.92. The molecule has 3 rings (SSSR count). The molecule has 1 aliphatic heterocycles. The molecule has 2 aromatic rings. The van der Waals surface area contributed by atoms with Crippen molar-refractivity contribution in [3.63, 3.8) is 0 Å². The molecule has 126 valence electrons. The third-order valence-electron chi connectivity index (χ3n) is 4.60. The Kier molecular flexibility index (Phi) is 4.79. The maximum Gasteiger partial charge on any atom is 0.160 e. The molecule has 0 fully saturated rings. The van der Waals surface area contributed by atoms with Crippen molar-refractivity contribution in [3.8, 4) is 17.2 Å². The first kappa shape index (κ1) is 16.4. The summed E-state index contributed by atoms with van der Waals surface area (Å²) in [5.74, 6) is 2.87. The lowest BCUT2D eigenvalue weighted by Gasteiger charge is -2.16. The predicted molar refractivity (Wildman–Crippen MR) is 97.2 cm³/mol. The Morgan fingerprint density at radius 3 is 2.54 bits per heavy atom. The minimum Gasteiger partial charge on any atom is -0.493 e. The van der Waals surface area contributed by atoms with Gasteiger partial charge in [0, 0.05) is 17.9 Å². The molecule has 0 radical (unpaired) electrons. The van der Waals surface area contributed by atoms with Crippen LogP contribution >= 0.6 is 0 Å². The lowest BCUT2D eigenvalue weighted by molar-refractivity contribution is 0.211. The van der Waals surface area contributed by atoms with Crippen LogP contribution < -0.4 is 14.2 Å². The fourth-order valence-electron chi connectivity index (χ4n) is 3.25. The minimum atomic E-state index is 0.138. The largest absolute Gasteiger partial charge is 0.493 e. The highest BCUT2D eigenvalue weighted by atomic mass is 16.5. The number of hydrogen-bond acceptors (Lipinski definition) is 3. The molecule has 0 aromatic heterocycles. The van der Waals surface area contributed by atoms with Gasteiger partial charge in [0.25, 0.3) is 0 Å². The number of fused-ring (bicyclic) bond motifs is 1. The average molecular weight is 324 g/mol. The third-order valence-corrected chi connectivity index (χ3v) is 4.60. The Morgan fingerprint density at radius 1 is 1.04 bits per heavy atom. The van der Waals surface area contributed by atoms with Gasteiger partial charge in [-0.15, -0.1) is 0 Å². The van der Waals surface area contributed by atoms with Gasteiger partial charge >= 0.3 is 0 Å². The van der Waals surface area contributed by atoms with Crippen LogP contribution in [0, 0.1) is 0 Å². The quantitative estimate of drug-likeness (QED) is 0.787. The second kappa shape index (κ2) is 7.00. The lowest BCUT2D eigenvalue weighted by Crippen LogP contribution is -2.19. The Balaban J connectivity index is 1.80. The number of rotatable bonds is 5. The van der Waals surface area contributed by atoms with Gasteiger partial charge in [0.15, 0.2) is 11.5 Å². The maximum absolute atomic E-state index is 6.19. The van der Waals surface area contributed by atoms with Crippen LogP contribution in [-0.2, 0) is 6.42 Å². The van der Waals surface area contributed by atoms with E-state index < -0.39 is 0 Å². The van der Waals surface area contributed by atoms with Crippen LogP contribution in [-0.4, -0.2) is 20.3 Å². The van der Waals surface area contributed by atoms with Crippen molar-refractivity contribution in [2.45, 2.75) is 32.3 Å². The molecule has 2 aromatic carbocycles. The standard InChI is InChI=1S/C21H24O3/c1-5-6-15-7-9-18-17(11-15)14(2)20(24-18)12-16-8-10-19(22-3)21(13-16)23-4/h5-11,13-14,20H,12H2,1-4H3. The van der Waals surface area contributed by atoms with Crippen molar-refractivity contribution in [1.82, 2.24) is 0 Å². The summed E-state index contributed by atoms with van der Waals surface area (Å²) in [6, 6.07) is 12.5. The van der Waals surface area contributed by atoms with Crippen molar-refractivity contribution in [2.24, 2.45) is 0 Å². The number of benzene rings is 2. The third kappa shape index (κ3) is 3.12. The van der Waals surface area contributed by atoms with Crippen LogP contribution in [0.25, 0.3) is 6.08 Å². The van der Waals surface area contributed by atoms with Crippen molar-refractivity contribution >= 4 is 6.08 Å². The van der Waals surface area contributed by atoms with Crippen LogP contribution in [0.1, 0.15) is 36.5 Å². The monoisotopic (exact) mass is 324 g/mol. The van der Waals surface area contributed by atoms with Crippen LogP contribution in [0.15, 0.2) is 42.5 Å². The first-order valence-corrected chi connectivity index (χ1v) is 8.30. The van der Waals surface area contributed by atoms with E-state index in [1.807, 2.05) is 19.1 Å². The van der Waals surface area contributed by atoms with Gasteiger partial charge in [-0.1, -0.05) is 31.2 Å². The molecule has 24 heavy (non-hydrogen) atoms. The molecular weight excluding hydrogens is 300 g/mol. The zero-order valence-corrected chi connectivity index (χ0v) is 14.7. The summed E-state index contributed by atoms with van der Waals surface area (Å²) in [6.45, 7) is 4.27. The van der Waals surface area contributed by atoms with Crippen LogP contribution in [0.2, 0.25) is 0 Å². The van der Waals surface area contributed by atoms with E-state index in [1.165, 1.54) is 16.7 Å². The molecule has 1 aliphatic rings. The topological polar surface area (TPSA) is 27.7 Å². The molecular formula is C21H24O3. The second-order valence-corrected chi connectivity index (χ2v) is 6.14. The minimum absolute atomic E-state index is 0.138. The Morgan fingerprint density at radius 2 is 1.83 bits per heavy atom. The molecule has 0 saturated carbocycles. The summed E-state index contributed by atoms with van der Waals surface area (Å²) in [6.07, 6.45) is 5.16. The smallest absolute Gasteiger partial charge is 0.160 e. The first-order valence-electron chi connectivity index (χ1n) is 8.30. The molecule has 0 N–H and O–H groups in total. The van der Waals surface area contributed by atoms with Crippen LogP contribution in [0.3, 0.4) is 0 Å². The zero-order valence-electron chi connectivity index (χ0n) is 14.7. The molecule has 2 unspecified atom stereocenters. The van der Waals surface area contributed by atoms with Crippen LogP contribution in [0.4, 0.5) is 0 Å². The van der Waals surface area contributed by atoms with E-state index in [-0.39, 0.29) is 6.10 Å². The van der Waals surface area contributed by atoms with Crippen LogP contribution in [0.5, 0.6) is 17.2 Å². The number of allylic oxidation sites excluding steroid dienone is 1. The normalized spacial score (nSPS) is 19.2. The summed E-state index contributed by atoms with van der Waals surface area (Å²) in [5, 5.41) is 0. The fraction of sp³-hybridized carbons (Fsp3) is 0.333. The molecule has 0 saturated heterocycles. The van der Waals surface area contributed by atoms with Crippen molar-refractivity contribution < 1.29 is 14.2 Å². The highest BCUT2D eigenvalue weighted by Crippen LogP contribution is 2.40. The van der Waals surface area contributed by atoms with Crippen molar-refractivity contribution in [1.29, 1.82) is 0 Å². The Bertz CT molecular complexity index is 749. The number of hydrogen-bond donors (Lipinski definition) is 0. The molecule has 0 bridgehead atoms. The highest BCUT2D eigenvalue weighted by Gasteiger charge is 2.31. The summed E-state index contributed by atoms with van der Waals surface area (Å²) in [5.41, 5.74) is 3.69. The first-order chi connectivity index (χ1) is 11.7. The molecule has 0 aliphatic carbocycles. The molecule has 1 heterocycles. The van der Waals surface area contributed by atoms with Gasteiger partial charge in [0.1, 0.15) is 11.9 Å². The van der Waals surface area contributed by atoms with Gasteiger partial charge in [-0.05, 0) is 42.3 Å². The Hall–Kier alpha value is -2.42. The van der Waals surface area contributed by atoms with E-state index >= 15 is 0 Å². The number of methoxy groups -OCH3 is 2. The van der Waals surface area contributed by atoms with E-state index in [1.54, 1.807) is 14.2 Å². The Labute approximate surface area is 143 Å². The molecule has 0 amide bonds. The van der Waals surface area contributed by atoms with Gasteiger partial charge < -0.3 is 14.2 Å². The van der Waals surface area contributed by atoms with Gasteiger partial charge in [0.2, 0.25) is 0 Å². The molecule has 0 spiro atoms. The SMILES string of the molecule is CC=Cc1ccc2c(c1)C(C)C(Cc1ccc(OC)c(OC)c1)O2. The zero-order chi connectivity index (χ0) is 17.1. The summed E-state index contributed by atoms with van der Waals surface area (Å²) in [4.78, 5) is 0. The van der Waals surface area contributed by atoms with Gasteiger partial charge in [-0.2, -0.15) is 0 Å². The molecule has 3 heteroatoms. The molecule has 2 atom stereocenters.